The average Bonchev–Trinajstić information content (AvgIpc) is 3.13. The molecule has 8 nitrogen and oxygen atoms in total. The zero-order valence-corrected chi connectivity index (χ0v) is 21.3. The molecule has 0 fully saturated rings. The number of esters is 2. The van der Waals surface area contributed by atoms with Crippen LogP contribution in [-0.4, -0.2) is 48.4 Å². The summed E-state index contributed by atoms with van der Waals surface area (Å²) in [6, 6.07) is 10.7. The number of hydrogen-bond acceptors (Lipinski definition) is 7. The number of carbonyl (C=O) groups excluding carboxylic acids is 4. The number of carbonyl (C=O) groups is 4. The summed E-state index contributed by atoms with van der Waals surface area (Å²) >= 11 is 0. The molecule has 1 unspecified atom stereocenters. The van der Waals surface area contributed by atoms with Crippen molar-refractivity contribution in [3.05, 3.63) is 93.3 Å². The molecule has 2 aromatic carbocycles. The minimum atomic E-state index is -4.82. The minimum absolute atomic E-state index is 0.0458. The maximum Gasteiger partial charge on any atom is 0.416 e. The van der Waals surface area contributed by atoms with Gasteiger partial charge in [-0.05, 0) is 44.5 Å². The van der Waals surface area contributed by atoms with E-state index >= 15 is 0 Å². The van der Waals surface area contributed by atoms with E-state index in [-0.39, 0.29) is 52.4 Å². The molecular formula is C28H25F3N2O6. The van der Waals surface area contributed by atoms with Crippen LogP contribution in [0, 0.1) is 0 Å². The fourth-order valence-electron chi connectivity index (χ4n) is 4.81. The van der Waals surface area contributed by atoms with E-state index in [1.165, 1.54) is 44.2 Å². The molecule has 0 bridgehead atoms. The Hall–Kier alpha value is -4.41. The molecule has 4 rings (SSSR count). The molecular weight excluding hydrogens is 517 g/mol. The first kappa shape index (κ1) is 27.6. The van der Waals surface area contributed by atoms with Crippen molar-refractivity contribution in [1.82, 2.24) is 10.2 Å². The predicted molar refractivity (Wildman–Crippen MR) is 132 cm³/mol. The number of hydrogen-bond donors (Lipinski definition) is 1. The highest BCUT2D eigenvalue weighted by Gasteiger charge is 2.45. The summed E-state index contributed by atoms with van der Waals surface area (Å²) in [5, 5.41) is 2.88. The summed E-state index contributed by atoms with van der Waals surface area (Å²) in [4.78, 5) is 53.5. The lowest BCUT2D eigenvalue weighted by molar-refractivity contribution is -0.142. The molecule has 11 heteroatoms. The Morgan fingerprint density at radius 1 is 0.872 bits per heavy atom. The van der Waals surface area contributed by atoms with Crippen LogP contribution < -0.4 is 5.32 Å². The number of ether oxygens (including phenoxy) is 2. The van der Waals surface area contributed by atoms with Crippen LogP contribution in [0.25, 0.3) is 0 Å². The lowest BCUT2D eigenvalue weighted by Gasteiger charge is -2.33. The van der Waals surface area contributed by atoms with Crippen LogP contribution in [0.1, 0.15) is 58.5 Å². The molecule has 2 aromatic rings. The van der Waals surface area contributed by atoms with Crippen molar-refractivity contribution < 1.29 is 41.8 Å². The van der Waals surface area contributed by atoms with Gasteiger partial charge in [0.15, 0.2) is 0 Å². The summed E-state index contributed by atoms with van der Waals surface area (Å²) in [5.41, 5.74) is -1.61. The molecule has 1 atom stereocenters. The number of nitrogens with one attached hydrogen (secondary N) is 1. The van der Waals surface area contributed by atoms with E-state index in [1.54, 1.807) is 19.1 Å². The van der Waals surface area contributed by atoms with Crippen molar-refractivity contribution in [3.63, 3.8) is 0 Å². The molecule has 0 aromatic heterocycles. The molecule has 39 heavy (non-hydrogen) atoms. The van der Waals surface area contributed by atoms with Gasteiger partial charge in [0.05, 0.1) is 53.5 Å². The number of rotatable bonds is 7. The van der Waals surface area contributed by atoms with Gasteiger partial charge in [-0.2, -0.15) is 13.2 Å². The molecule has 0 radical (unpaired) electrons. The van der Waals surface area contributed by atoms with Crippen LogP contribution in [0.5, 0.6) is 0 Å². The van der Waals surface area contributed by atoms with Gasteiger partial charge >= 0.3 is 18.1 Å². The van der Waals surface area contributed by atoms with Crippen LogP contribution in [0.2, 0.25) is 0 Å². The number of amides is 2. The maximum atomic E-state index is 14.2. The molecule has 2 heterocycles. The van der Waals surface area contributed by atoms with Crippen molar-refractivity contribution >= 4 is 23.8 Å². The van der Waals surface area contributed by atoms with E-state index in [2.05, 4.69) is 5.32 Å². The van der Waals surface area contributed by atoms with Crippen molar-refractivity contribution in [1.29, 1.82) is 0 Å². The Balaban J connectivity index is 1.94. The van der Waals surface area contributed by atoms with Gasteiger partial charge in [-0.15, -0.1) is 0 Å². The highest BCUT2D eigenvalue weighted by molar-refractivity contribution is 6.21. The fraction of sp³-hybridized carbons (Fsp3) is 0.286. The predicted octanol–water partition coefficient (Wildman–Crippen LogP) is 4.34. The largest absolute Gasteiger partial charge is 0.463 e. The van der Waals surface area contributed by atoms with Crippen LogP contribution >= 0.6 is 0 Å². The summed E-state index contributed by atoms with van der Waals surface area (Å²) in [6.45, 7) is 3.85. The van der Waals surface area contributed by atoms with Gasteiger partial charge < -0.3 is 14.8 Å². The van der Waals surface area contributed by atoms with E-state index in [0.29, 0.717) is 0 Å². The number of allylic oxidation sites excluding steroid dienone is 1. The number of imide groups is 1. The van der Waals surface area contributed by atoms with Crippen molar-refractivity contribution in [2.45, 2.75) is 32.9 Å². The van der Waals surface area contributed by atoms with Gasteiger partial charge in [-0.1, -0.05) is 30.3 Å². The van der Waals surface area contributed by atoms with E-state index in [4.69, 9.17) is 9.47 Å². The molecule has 0 saturated carbocycles. The molecule has 0 saturated heterocycles. The Morgan fingerprint density at radius 3 is 1.92 bits per heavy atom. The normalized spacial score (nSPS) is 17.3. The Morgan fingerprint density at radius 2 is 1.38 bits per heavy atom. The standard InChI is InChI=1S/C28H25F3N2O6/c1-4-38-26(36)21-15(3)32-20(14-33-24(34)16-10-6-7-11-17(16)25(33)35)23(27(37)39-5-2)22(21)18-12-8-9-13-19(18)28(29,30)31/h6-13,22,32H,4-5,14H2,1-3H3. The van der Waals surface area contributed by atoms with Crippen LogP contribution in [0.15, 0.2) is 71.1 Å². The number of halogens is 3. The third-order valence-electron chi connectivity index (χ3n) is 6.41. The van der Waals surface area contributed by atoms with Gasteiger partial charge in [-0.3, -0.25) is 14.5 Å². The summed E-state index contributed by atoms with van der Waals surface area (Å²) in [5.74, 6) is -4.75. The lowest BCUT2D eigenvalue weighted by atomic mass is 9.78. The molecule has 2 amide bonds. The van der Waals surface area contributed by atoms with Gasteiger partial charge in [0.1, 0.15) is 0 Å². The van der Waals surface area contributed by atoms with Gasteiger partial charge in [-0.25, -0.2) is 9.59 Å². The van der Waals surface area contributed by atoms with Gasteiger partial charge in [0, 0.05) is 11.4 Å². The quantitative estimate of drug-likeness (QED) is 0.410. The Labute approximate surface area is 222 Å². The lowest BCUT2D eigenvalue weighted by Crippen LogP contribution is -2.40. The first-order chi connectivity index (χ1) is 18.5. The molecule has 0 spiro atoms. The smallest absolute Gasteiger partial charge is 0.416 e. The van der Waals surface area contributed by atoms with Crippen molar-refractivity contribution in [3.8, 4) is 0 Å². The molecule has 2 aliphatic rings. The summed E-state index contributed by atoms with van der Waals surface area (Å²) in [7, 11) is 0. The minimum Gasteiger partial charge on any atom is -0.463 e. The van der Waals surface area contributed by atoms with Crippen molar-refractivity contribution in [2.75, 3.05) is 19.8 Å². The molecule has 0 aliphatic carbocycles. The van der Waals surface area contributed by atoms with Crippen LogP contribution in [-0.2, 0) is 25.2 Å². The summed E-state index contributed by atoms with van der Waals surface area (Å²) < 4.78 is 52.8. The highest BCUT2D eigenvalue weighted by atomic mass is 19.4. The highest BCUT2D eigenvalue weighted by Crippen LogP contribution is 2.44. The zero-order chi connectivity index (χ0) is 28.5. The topological polar surface area (TPSA) is 102 Å². The Kier molecular flexibility index (Phi) is 7.62. The first-order valence-corrected chi connectivity index (χ1v) is 12.2. The second kappa shape index (κ2) is 10.8. The van der Waals surface area contributed by atoms with Crippen LogP contribution in [0.4, 0.5) is 13.2 Å². The number of nitrogens with zero attached hydrogens (tertiary/aromatic N) is 1. The molecule has 204 valence electrons. The summed E-state index contributed by atoms with van der Waals surface area (Å²) in [6.07, 6.45) is -4.82. The first-order valence-electron chi connectivity index (χ1n) is 12.2. The average molecular weight is 543 g/mol. The van der Waals surface area contributed by atoms with Gasteiger partial charge in [0.25, 0.3) is 11.8 Å². The number of benzene rings is 2. The van der Waals surface area contributed by atoms with E-state index < -0.39 is 48.0 Å². The van der Waals surface area contributed by atoms with E-state index in [1.807, 2.05) is 0 Å². The SMILES string of the molecule is CCOC(=O)C1=C(C)NC(CN2C(=O)c3ccccc3C2=O)=C(C(=O)OCC)C1c1ccccc1C(F)(F)F. The van der Waals surface area contributed by atoms with Crippen LogP contribution in [0.3, 0.4) is 0 Å². The Bertz CT molecular complexity index is 1390. The number of alkyl halides is 3. The van der Waals surface area contributed by atoms with E-state index in [9.17, 15) is 32.3 Å². The molecule has 1 N–H and O–H groups in total. The zero-order valence-electron chi connectivity index (χ0n) is 21.3. The molecule has 2 aliphatic heterocycles. The monoisotopic (exact) mass is 542 g/mol. The van der Waals surface area contributed by atoms with E-state index in [0.717, 1.165) is 11.0 Å². The second-order valence-corrected chi connectivity index (χ2v) is 8.76. The fourth-order valence-corrected chi connectivity index (χ4v) is 4.81. The second-order valence-electron chi connectivity index (χ2n) is 8.76. The maximum absolute atomic E-state index is 14.2. The van der Waals surface area contributed by atoms with Gasteiger partial charge in [0.2, 0.25) is 0 Å². The number of fused-ring (bicyclic) bond motifs is 1. The number of dihydropyridines is 1. The van der Waals surface area contributed by atoms with Crippen molar-refractivity contribution in [2.24, 2.45) is 0 Å². The third kappa shape index (κ3) is 5.04. The third-order valence-corrected chi connectivity index (χ3v) is 6.41.